The van der Waals surface area contributed by atoms with Crippen LogP contribution in [0.4, 0.5) is 17.1 Å². The van der Waals surface area contributed by atoms with Gasteiger partial charge in [0.15, 0.2) is 0 Å². The second kappa shape index (κ2) is 14.4. The van der Waals surface area contributed by atoms with Crippen LogP contribution in [0, 0.1) is 13.8 Å². The summed E-state index contributed by atoms with van der Waals surface area (Å²) in [5.41, 5.74) is 23.1. The summed E-state index contributed by atoms with van der Waals surface area (Å²) in [7, 11) is 0. The van der Waals surface area contributed by atoms with Crippen molar-refractivity contribution >= 4 is 28.0 Å². The third-order valence-electron chi connectivity index (χ3n) is 14.1. The Kier molecular flexibility index (Phi) is 8.58. The van der Waals surface area contributed by atoms with Gasteiger partial charge in [0.05, 0.1) is 16.6 Å². The summed E-state index contributed by atoms with van der Waals surface area (Å²) in [6, 6.07) is 81.5. The lowest BCUT2D eigenvalue weighted by Crippen LogP contribution is -2.28. The van der Waals surface area contributed by atoms with Crippen molar-refractivity contribution in [2.24, 2.45) is 0 Å². The molecule has 0 saturated carbocycles. The highest BCUT2D eigenvalue weighted by Crippen LogP contribution is 2.60. The lowest BCUT2D eigenvalue weighted by Gasteiger charge is -2.33. The average Bonchev–Trinajstić information content (AvgIpc) is 3.91. The molecular weight excluding hydrogens is 773 g/mol. The third-order valence-corrected chi connectivity index (χ3v) is 14.1. The van der Waals surface area contributed by atoms with Gasteiger partial charge in [0.2, 0.25) is 0 Å². The van der Waals surface area contributed by atoms with Crippen LogP contribution in [0.1, 0.15) is 58.4 Å². The first-order valence-electron chi connectivity index (χ1n) is 22.5. The van der Waals surface area contributed by atoms with Crippen LogP contribution in [-0.4, -0.2) is 4.57 Å². The van der Waals surface area contributed by atoms with Gasteiger partial charge >= 0.3 is 0 Å². The van der Waals surface area contributed by atoms with E-state index >= 15 is 0 Å². The zero-order valence-corrected chi connectivity index (χ0v) is 36.7. The van der Waals surface area contributed by atoms with Crippen LogP contribution in [0.25, 0.3) is 50.1 Å². The molecule has 0 atom stereocenters. The molecule has 0 radical (unpaired) electrons. The molecule has 2 aliphatic carbocycles. The Morgan fingerprint density at radius 1 is 0.406 bits per heavy atom. The molecule has 2 aliphatic rings. The van der Waals surface area contributed by atoms with Gasteiger partial charge in [-0.1, -0.05) is 172 Å². The summed E-state index contributed by atoms with van der Waals surface area (Å²) in [6.07, 6.45) is 0. The van der Waals surface area contributed by atoms with Crippen LogP contribution in [0.15, 0.2) is 218 Å². The molecule has 0 unspecified atom stereocenters. The number of nitrogens with zero attached hydrogens (tertiary/aromatic N) is 2. The lowest BCUT2D eigenvalue weighted by molar-refractivity contribution is 0.660. The van der Waals surface area contributed by atoms with E-state index < -0.39 is 5.41 Å². The van der Waals surface area contributed by atoms with Crippen LogP contribution in [0.5, 0.6) is 0 Å². The van der Waals surface area contributed by atoms with Crippen LogP contribution in [-0.2, 0) is 10.8 Å². The number of rotatable bonds is 7. The molecule has 0 bridgehead atoms. The van der Waals surface area contributed by atoms with E-state index in [1.165, 1.54) is 94.6 Å². The molecule has 0 amide bonds. The summed E-state index contributed by atoms with van der Waals surface area (Å²) in [4.78, 5) is 2.36. The molecule has 64 heavy (non-hydrogen) atoms. The second-order valence-electron chi connectivity index (χ2n) is 18.3. The average molecular weight is 821 g/mol. The number of aromatic nitrogens is 1. The van der Waals surface area contributed by atoms with Crippen molar-refractivity contribution in [2.75, 3.05) is 4.90 Å². The molecular formula is C62H48N2. The van der Waals surface area contributed by atoms with Crippen LogP contribution in [0.3, 0.4) is 0 Å². The van der Waals surface area contributed by atoms with E-state index in [0.29, 0.717) is 0 Å². The standard InChI is InChI=1S/C62H48N2/c1-41-17-15-23-48(37-41)63(49-24-16-18-42(2)38-49)47-32-29-43(30-33-47)44-31-36-58-54(39-44)59-60(64(58)50-34-35-52-51-25-11-13-27-55(51)61(3,4)57(52)40-50)53-26-12-14-28-56(53)62(59,45-19-7-5-8-20-45)46-21-9-6-10-22-46/h5-40H,1-4H3. The fourth-order valence-electron chi connectivity index (χ4n) is 11.3. The Bertz CT molecular complexity index is 3340. The number of benzene rings is 9. The van der Waals surface area contributed by atoms with E-state index in [1.54, 1.807) is 0 Å². The maximum atomic E-state index is 2.57. The van der Waals surface area contributed by atoms with E-state index in [9.17, 15) is 0 Å². The zero-order valence-electron chi connectivity index (χ0n) is 36.7. The molecule has 2 nitrogen and oxygen atoms in total. The monoisotopic (exact) mass is 820 g/mol. The molecule has 0 saturated heterocycles. The van der Waals surface area contributed by atoms with Crippen molar-refractivity contribution in [1.82, 2.24) is 4.57 Å². The van der Waals surface area contributed by atoms with Crippen molar-refractivity contribution in [3.8, 4) is 39.2 Å². The predicted octanol–water partition coefficient (Wildman–Crippen LogP) is 16.1. The van der Waals surface area contributed by atoms with Gasteiger partial charge in [0, 0.05) is 44.7 Å². The molecule has 0 fully saturated rings. The van der Waals surface area contributed by atoms with Crippen molar-refractivity contribution < 1.29 is 0 Å². The van der Waals surface area contributed by atoms with Gasteiger partial charge in [0.25, 0.3) is 0 Å². The Morgan fingerprint density at radius 3 is 1.61 bits per heavy atom. The van der Waals surface area contributed by atoms with Crippen molar-refractivity contribution in [3.05, 3.63) is 263 Å². The van der Waals surface area contributed by atoms with Gasteiger partial charge in [-0.25, -0.2) is 0 Å². The maximum absolute atomic E-state index is 2.57. The first-order chi connectivity index (χ1) is 31.3. The van der Waals surface area contributed by atoms with Gasteiger partial charge in [-0.3, -0.25) is 0 Å². The van der Waals surface area contributed by atoms with E-state index in [2.05, 4.69) is 256 Å². The second-order valence-corrected chi connectivity index (χ2v) is 18.3. The Hall–Kier alpha value is -7.68. The minimum atomic E-state index is -0.561. The highest BCUT2D eigenvalue weighted by atomic mass is 15.1. The number of hydrogen-bond donors (Lipinski definition) is 0. The lowest BCUT2D eigenvalue weighted by atomic mass is 9.67. The highest BCUT2D eigenvalue weighted by molar-refractivity contribution is 6.03. The minimum absolute atomic E-state index is 0.128. The minimum Gasteiger partial charge on any atom is -0.310 e. The summed E-state index contributed by atoms with van der Waals surface area (Å²) in [6.45, 7) is 9.08. The van der Waals surface area contributed by atoms with E-state index in [-0.39, 0.29) is 5.41 Å². The largest absolute Gasteiger partial charge is 0.310 e. The van der Waals surface area contributed by atoms with Gasteiger partial charge in [-0.15, -0.1) is 0 Å². The summed E-state index contributed by atoms with van der Waals surface area (Å²) in [5, 5.41) is 1.25. The summed E-state index contributed by atoms with van der Waals surface area (Å²) in [5.74, 6) is 0. The van der Waals surface area contributed by atoms with E-state index in [4.69, 9.17) is 0 Å². The predicted molar refractivity (Wildman–Crippen MR) is 268 cm³/mol. The molecule has 0 N–H and O–H groups in total. The highest BCUT2D eigenvalue weighted by Gasteiger charge is 2.49. The van der Waals surface area contributed by atoms with Gasteiger partial charge < -0.3 is 9.47 Å². The molecule has 10 aromatic rings. The molecule has 9 aromatic carbocycles. The summed E-state index contributed by atoms with van der Waals surface area (Å²) >= 11 is 0. The molecule has 306 valence electrons. The summed E-state index contributed by atoms with van der Waals surface area (Å²) < 4.78 is 2.57. The van der Waals surface area contributed by atoms with Crippen molar-refractivity contribution in [2.45, 2.75) is 38.5 Å². The number of anilines is 3. The third kappa shape index (κ3) is 5.58. The number of hydrogen-bond acceptors (Lipinski definition) is 1. The smallest absolute Gasteiger partial charge is 0.0735 e. The van der Waals surface area contributed by atoms with Crippen molar-refractivity contribution in [3.63, 3.8) is 0 Å². The molecule has 1 heterocycles. The quantitative estimate of drug-likeness (QED) is 0.155. The van der Waals surface area contributed by atoms with E-state index in [1.807, 2.05) is 0 Å². The van der Waals surface area contributed by atoms with Gasteiger partial charge in [0.1, 0.15) is 0 Å². The molecule has 2 heteroatoms. The van der Waals surface area contributed by atoms with Gasteiger partial charge in [-0.2, -0.15) is 0 Å². The first-order valence-corrected chi connectivity index (χ1v) is 22.5. The topological polar surface area (TPSA) is 8.17 Å². The van der Waals surface area contributed by atoms with Crippen LogP contribution in [0.2, 0.25) is 0 Å². The SMILES string of the molecule is Cc1cccc(N(c2ccc(-c3ccc4c(c3)c3c(n4-c4ccc5c(c4)C(C)(C)c4ccccc4-5)-c4ccccc4C3(c3ccccc3)c3ccccc3)cc2)c2cccc(C)c2)c1. The fourth-order valence-corrected chi connectivity index (χ4v) is 11.3. The fraction of sp³-hybridized carbons (Fsp3) is 0.0968. The van der Waals surface area contributed by atoms with Gasteiger partial charge in [-0.05, 0) is 136 Å². The zero-order chi connectivity index (χ0) is 43.2. The molecule has 0 spiro atoms. The van der Waals surface area contributed by atoms with Crippen LogP contribution >= 0.6 is 0 Å². The normalized spacial score (nSPS) is 13.9. The van der Waals surface area contributed by atoms with E-state index in [0.717, 1.165) is 17.1 Å². The Labute approximate surface area is 376 Å². The molecule has 12 rings (SSSR count). The molecule has 1 aromatic heterocycles. The Balaban J connectivity index is 1.11. The number of fused-ring (bicyclic) bond motifs is 8. The maximum Gasteiger partial charge on any atom is 0.0735 e. The molecule has 0 aliphatic heterocycles. The Morgan fingerprint density at radius 2 is 0.969 bits per heavy atom. The number of aryl methyl sites for hydroxylation is 2. The van der Waals surface area contributed by atoms with Crippen LogP contribution < -0.4 is 4.90 Å². The first kappa shape index (κ1) is 38.0. The van der Waals surface area contributed by atoms with Crippen molar-refractivity contribution in [1.29, 1.82) is 0 Å².